The maximum Gasteiger partial charge on any atom is 0.215 e. The van der Waals surface area contributed by atoms with Gasteiger partial charge in [-0.25, -0.2) is 8.42 Å². The number of rotatable bonds is 5. The SMILES string of the molecule is C[C@H]1C[C@H](c2cccnc2)N(S(=O)(=O)CCN2CCCC2)C1. The van der Waals surface area contributed by atoms with Gasteiger partial charge < -0.3 is 4.90 Å². The quantitative estimate of drug-likeness (QED) is 0.830. The zero-order valence-corrected chi connectivity index (χ0v) is 14.0. The first-order valence-corrected chi connectivity index (χ1v) is 9.79. The van der Waals surface area contributed by atoms with Crippen LogP contribution in [0.2, 0.25) is 0 Å². The van der Waals surface area contributed by atoms with Crippen LogP contribution in [0.15, 0.2) is 24.5 Å². The van der Waals surface area contributed by atoms with E-state index in [1.165, 1.54) is 12.8 Å². The van der Waals surface area contributed by atoms with Crippen LogP contribution in [0.3, 0.4) is 0 Å². The van der Waals surface area contributed by atoms with Gasteiger partial charge in [0.15, 0.2) is 0 Å². The smallest absolute Gasteiger partial charge is 0.215 e. The van der Waals surface area contributed by atoms with Gasteiger partial charge in [0.1, 0.15) is 0 Å². The molecule has 0 aliphatic carbocycles. The first kappa shape index (κ1) is 15.9. The maximum atomic E-state index is 12.8. The second-order valence-corrected chi connectivity index (χ2v) is 8.62. The fourth-order valence-electron chi connectivity index (χ4n) is 3.56. The van der Waals surface area contributed by atoms with Gasteiger partial charge in [-0.2, -0.15) is 4.31 Å². The molecule has 1 aromatic heterocycles. The predicted octanol–water partition coefficient (Wildman–Crippen LogP) is 1.89. The molecular weight excluding hydrogens is 298 g/mol. The number of sulfonamides is 1. The minimum absolute atomic E-state index is 0.0488. The number of nitrogens with zero attached hydrogens (tertiary/aromatic N) is 3. The van der Waals surface area contributed by atoms with Gasteiger partial charge in [0, 0.05) is 25.5 Å². The number of hydrogen-bond donors (Lipinski definition) is 0. The van der Waals surface area contributed by atoms with Gasteiger partial charge in [-0.05, 0) is 49.9 Å². The van der Waals surface area contributed by atoms with Crippen molar-refractivity contribution in [3.63, 3.8) is 0 Å². The maximum absolute atomic E-state index is 12.8. The summed E-state index contributed by atoms with van der Waals surface area (Å²) in [5.74, 6) is 0.628. The van der Waals surface area contributed by atoms with Crippen molar-refractivity contribution in [1.82, 2.24) is 14.2 Å². The fourth-order valence-corrected chi connectivity index (χ4v) is 5.36. The van der Waals surface area contributed by atoms with Crippen molar-refractivity contribution in [2.45, 2.75) is 32.2 Å². The molecule has 5 nitrogen and oxygen atoms in total. The molecule has 2 saturated heterocycles. The molecule has 2 aliphatic heterocycles. The Morgan fingerprint density at radius 2 is 2.09 bits per heavy atom. The Kier molecular flexibility index (Phi) is 4.80. The monoisotopic (exact) mass is 323 g/mol. The van der Waals surface area contributed by atoms with Crippen molar-refractivity contribution >= 4 is 10.0 Å². The first-order valence-electron chi connectivity index (χ1n) is 8.18. The van der Waals surface area contributed by atoms with Crippen molar-refractivity contribution in [2.75, 3.05) is 31.9 Å². The second kappa shape index (κ2) is 6.64. The molecule has 0 unspecified atom stereocenters. The number of likely N-dealkylation sites (tertiary alicyclic amines) is 1. The lowest BCUT2D eigenvalue weighted by atomic mass is 10.0. The van der Waals surface area contributed by atoms with E-state index in [1.807, 2.05) is 12.1 Å². The number of hydrogen-bond acceptors (Lipinski definition) is 4. The fraction of sp³-hybridized carbons (Fsp3) is 0.688. The average Bonchev–Trinajstić information content (AvgIpc) is 3.16. The highest BCUT2D eigenvalue weighted by Gasteiger charge is 2.38. The summed E-state index contributed by atoms with van der Waals surface area (Å²) in [6, 6.07) is 3.82. The highest BCUT2D eigenvalue weighted by Crippen LogP contribution is 2.37. The summed E-state index contributed by atoms with van der Waals surface area (Å²) in [5.41, 5.74) is 1.01. The molecule has 0 N–H and O–H groups in total. The van der Waals surface area contributed by atoms with Crippen LogP contribution in [-0.4, -0.2) is 54.5 Å². The van der Waals surface area contributed by atoms with E-state index in [-0.39, 0.29) is 11.8 Å². The summed E-state index contributed by atoms with van der Waals surface area (Å²) in [6.07, 6.45) is 6.80. The Labute approximate surface area is 133 Å². The van der Waals surface area contributed by atoms with Crippen molar-refractivity contribution in [3.05, 3.63) is 30.1 Å². The van der Waals surface area contributed by atoms with Gasteiger partial charge in [-0.1, -0.05) is 13.0 Å². The van der Waals surface area contributed by atoms with Crippen molar-refractivity contribution in [2.24, 2.45) is 5.92 Å². The van der Waals surface area contributed by atoms with Gasteiger partial charge in [0.05, 0.1) is 11.8 Å². The summed E-state index contributed by atoms with van der Waals surface area (Å²) >= 11 is 0. The molecule has 3 heterocycles. The molecule has 0 saturated carbocycles. The lowest BCUT2D eigenvalue weighted by Crippen LogP contribution is -2.37. The Morgan fingerprint density at radius 1 is 1.32 bits per heavy atom. The Balaban J connectivity index is 1.72. The molecule has 6 heteroatoms. The number of aromatic nitrogens is 1. The third-order valence-electron chi connectivity index (χ3n) is 4.76. The predicted molar refractivity (Wildman–Crippen MR) is 86.9 cm³/mol. The molecule has 0 aromatic carbocycles. The molecule has 2 fully saturated rings. The van der Waals surface area contributed by atoms with Gasteiger partial charge in [0.25, 0.3) is 0 Å². The minimum atomic E-state index is -3.21. The molecule has 3 rings (SSSR count). The normalized spacial score (nSPS) is 27.5. The van der Waals surface area contributed by atoms with E-state index < -0.39 is 10.0 Å². The summed E-state index contributed by atoms with van der Waals surface area (Å²) in [6.45, 7) is 5.49. The lowest BCUT2D eigenvalue weighted by molar-refractivity contribution is 0.348. The van der Waals surface area contributed by atoms with Crippen LogP contribution in [0.25, 0.3) is 0 Å². The van der Waals surface area contributed by atoms with E-state index in [4.69, 9.17) is 0 Å². The Hall–Kier alpha value is -0.980. The lowest BCUT2D eigenvalue weighted by Gasteiger charge is -2.25. The average molecular weight is 323 g/mol. The summed E-state index contributed by atoms with van der Waals surface area (Å²) in [5, 5.41) is 0. The van der Waals surface area contributed by atoms with Crippen molar-refractivity contribution in [1.29, 1.82) is 0 Å². The Bertz CT molecular complexity index is 585. The van der Waals surface area contributed by atoms with E-state index in [0.717, 1.165) is 25.1 Å². The van der Waals surface area contributed by atoms with E-state index >= 15 is 0 Å². The number of pyridine rings is 1. The molecule has 22 heavy (non-hydrogen) atoms. The first-order chi connectivity index (χ1) is 10.6. The third-order valence-corrected chi connectivity index (χ3v) is 6.57. The summed E-state index contributed by atoms with van der Waals surface area (Å²) in [7, 11) is -3.21. The topological polar surface area (TPSA) is 53.5 Å². The van der Waals surface area contributed by atoms with Crippen LogP contribution in [0, 0.1) is 5.92 Å². The van der Waals surface area contributed by atoms with Crippen LogP contribution < -0.4 is 0 Å². The van der Waals surface area contributed by atoms with Crippen LogP contribution in [0.5, 0.6) is 0 Å². The molecule has 2 atom stereocenters. The molecule has 1 aromatic rings. The molecule has 2 aliphatic rings. The van der Waals surface area contributed by atoms with E-state index in [9.17, 15) is 8.42 Å². The highest BCUT2D eigenvalue weighted by atomic mass is 32.2. The molecule has 0 radical (unpaired) electrons. The molecule has 0 amide bonds. The minimum Gasteiger partial charge on any atom is -0.302 e. The van der Waals surface area contributed by atoms with Gasteiger partial charge >= 0.3 is 0 Å². The highest BCUT2D eigenvalue weighted by molar-refractivity contribution is 7.89. The summed E-state index contributed by atoms with van der Waals surface area (Å²) in [4.78, 5) is 6.41. The van der Waals surface area contributed by atoms with Gasteiger partial charge in [0.2, 0.25) is 10.0 Å². The third kappa shape index (κ3) is 3.50. The van der Waals surface area contributed by atoms with Gasteiger partial charge in [-0.15, -0.1) is 0 Å². The zero-order valence-electron chi connectivity index (χ0n) is 13.2. The van der Waals surface area contributed by atoms with Crippen LogP contribution >= 0.6 is 0 Å². The second-order valence-electron chi connectivity index (χ2n) is 6.58. The van der Waals surface area contributed by atoms with E-state index in [1.54, 1.807) is 16.7 Å². The van der Waals surface area contributed by atoms with Crippen molar-refractivity contribution < 1.29 is 8.42 Å². The Morgan fingerprint density at radius 3 is 2.77 bits per heavy atom. The van der Waals surface area contributed by atoms with Crippen molar-refractivity contribution in [3.8, 4) is 0 Å². The van der Waals surface area contributed by atoms with E-state index in [2.05, 4.69) is 16.8 Å². The largest absolute Gasteiger partial charge is 0.302 e. The molecule has 0 spiro atoms. The molecule has 122 valence electrons. The van der Waals surface area contributed by atoms with Crippen LogP contribution in [0.4, 0.5) is 0 Å². The summed E-state index contributed by atoms with van der Waals surface area (Å²) < 4.78 is 27.3. The van der Waals surface area contributed by atoms with E-state index in [0.29, 0.717) is 19.0 Å². The standard InChI is InChI=1S/C16H25N3O2S/c1-14-11-16(15-5-4-6-17-12-15)19(13-14)22(20,21)10-9-18-7-2-3-8-18/h4-6,12,14,16H,2-3,7-11,13H2,1H3/t14-,16+/m0/s1. The molecule has 0 bridgehead atoms. The molecular formula is C16H25N3O2S. The zero-order chi connectivity index (χ0) is 15.6. The van der Waals surface area contributed by atoms with Crippen LogP contribution in [0.1, 0.15) is 37.8 Å². The van der Waals surface area contributed by atoms with Crippen LogP contribution in [-0.2, 0) is 10.0 Å². The van der Waals surface area contributed by atoms with Gasteiger partial charge in [-0.3, -0.25) is 4.98 Å².